The highest BCUT2D eigenvalue weighted by Gasteiger charge is 2.36. The second kappa shape index (κ2) is 7.85. The summed E-state index contributed by atoms with van der Waals surface area (Å²) < 4.78 is 27.9. The van der Waals surface area contributed by atoms with Crippen LogP contribution in [0, 0.1) is 27.7 Å². The number of nitrogens with one attached hydrogen (secondary N) is 2. The third-order valence-corrected chi connectivity index (χ3v) is 7.67. The number of rotatable bonds is 5. The number of benzene rings is 1. The number of hydrogen-bond acceptors (Lipinski definition) is 5. The first-order valence-electron chi connectivity index (χ1n) is 10.1. The Hall–Kier alpha value is -2.71. The van der Waals surface area contributed by atoms with E-state index in [-0.39, 0.29) is 5.92 Å². The minimum absolute atomic E-state index is 0.0609. The van der Waals surface area contributed by atoms with Crippen LogP contribution < -0.4 is 5.32 Å². The minimum atomic E-state index is -3.57. The van der Waals surface area contributed by atoms with Crippen molar-refractivity contribution < 1.29 is 8.42 Å². The fourth-order valence-corrected chi connectivity index (χ4v) is 5.85. The zero-order chi connectivity index (χ0) is 21.5. The molecule has 1 fully saturated rings. The average molecular weight is 426 g/mol. The van der Waals surface area contributed by atoms with Crippen LogP contribution >= 0.6 is 0 Å². The normalized spacial score (nSPS) is 17.4. The summed E-state index contributed by atoms with van der Waals surface area (Å²) in [5.41, 5.74) is 6.10. The highest BCUT2D eigenvalue weighted by atomic mass is 32.2. The molecule has 0 bridgehead atoms. The molecule has 4 rings (SSSR count). The van der Waals surface area contributed by atoms with E-state index in [1.165, 1.54) is 5.56 Å². The molecule has 1 atom stereocenters. The van der Waals surface area contributed by atoms with E-state index in [0.717, 1.165) is 29.2 Å². The number of nitrogens with zero attached hydrogens (tertiary/aromatic N) is 3. The van der Waals surface area contributed by atoms with E-state index in [1.54, 1.807) is 18.2 Å². The summed E-state index contributed by atoms with van der Waals surface area (Å²) in [6.07, 6.45) is 0.746. The van der Waals surface area contributed by atoms with Gasteiger partial charge in [-0.05, 0) is 58.4 Å². The standard InChI is InChI=1S/C22H27N5O2S/c1-14-5-7-19(8-6-14)24-20-11-15(2)23-21(12-20)18-9-10-27(13-18)30(28,29)22-16(3)25-26-17(22)4/h5-8,11-12,18H,9-10,13H2,1-4H3,(H,23,24)(H,25,26)/t18-/m1/s1. The molecule has 1 aliphatic rings. The number of anilines is 2. The fraction of sp³-hybridized carbons (Fsp3) is 0.364. The van der Waals surface area contributed by atoms with E-state index < -0.39 is 10.0 Å². The van der Waals surface area contributed by atoms with Crippen LogP contribution in [0.3, 0.4) is 0 Å². The monoisotopic (exact) mass is 425 g/mol. The van der Waals surface area contributed by atoms with Gasteiger partial charge < -0.3 is 5.32 Å². The predicted molar refractivity (Wildman–Crippen MR) is 118 cm³/mol. The molecule has 2 aromatic heterocycles. The molecule has 0 unspecified atom stereocenters. The molecule has 0 saturated carbocycles. The van der Waals surface area contributed by atoms with Gasteiger partial charge in [0, 0.05) is 41.8 Å². The highest BCUT2D eigenvalue weighted by molar-refractivity contribution is 7.89. The first-order valence-corrected chi connectivity index (χ1v) is 11.5. The number of H-pyrrole nitrogens is 1. The maximum Gasteiger partial charge on any atom is 0.246 e. The summed E-state index contributed by atoms with van der Waals surface area (Å²) >= 11 is 0. The summed E-state index contributed by atoms with van der Waals surface area (Å²) in [7, 11) is -3.57. The van der Waals surface area contributed by atoms with E-state index in [1.807, 2.05) is 31.2 Å². The lowest BCUT2D eigenvalue weighted by atomic mass is 10.0. The topological polar surface area (TPSA) is 91.0 Å². The maximum atomic E-state index is 13.1. The van der Waals surface area contributed by atoms with Crippen molar-refractivity contribution in [1.29, 1.82) is 0 Å². The molecule has 0 amide bonds. The molecular weight excluding hydrogens is 398 g/mol. The molecule has 0 spiro atoms. The third-order valence-electron chi connectivity index (χ3n) is 5.54. The van der Waals surface area contributed by atoms with Crippen LogP contribution in [0.15, 0.2) is 41.3 Å². The van der Waals surface area contributed by atoms with Crippen LogP contribution in [-0.4, -0.2) is 41.0 Å². The first-order chi connectivity index (χ1) is 14.2. The molecule has 158 valence electrons. The molecule has 2 N–H and O–H groups in total. The van der Waals surface area contributed by atoms with E-state index in [9.17, 15) is 8.42 Å². The molecule has 30 heavy (non-hydrogen) atoms. The van der Waals surface area contributed by atoms with Gasteiger partial charge in [-0.1, -0.05) is 17.7 Å². The first kappa shape index (κ1) is 20.6. The fourth-order valence-electron chi connectivity index (χ4n) is 4.02. The van der Waals surface area contributed by atoms with Gasteiger partial charge >= 0.3 is 0 Å². The van der Waals surface area contributed by atoms with Gasteiger partial charge in [-0.2, -0.15) is 9.40 Å². The Morgan fingerprint density at radius 2 is 1.80 bits per heavy atom. The largest absolute Gasteiger partial charge is 0.355 e. The summed E-state index contributed by atoms with van der Waals surface area (Å²) in [6.45, 7) is 8.39. The molecule has 8 heteroatoms. The van der Waals surface area contributed by atoms with Gasteiger partial charge in [0.2, 0.25) is 10.0 Å². The Morgan fingerprint density at radius 1 is 1.07 bits per heavy atom. The van der Waals surface area contributed by atoms with Gasteiger partial charge in [0.1, 0.15) is 4.90 Å². The van der Waals surface area contributed by atoms with Crippen molar-refractivity contribution in [2.45, 2.75) is 44.9 Å². The van der Waals surface area contributed by atoms with Crippen molar-refractivity contribution >= 4 is 21.4 Å². The molecule has 1 aromatic carbocycles. The van der Waals surface area contributed by atoms with Crippen LogP contribution in [-0.2, 0) is 10.0 Å². The molecule has 3 heterocycles. The van der Waals surface area contributed by atoms with Crippen LogP contribution in [0.2, 0.25) is 0 Å². The van der Waals surface area contributed by atoms with Crippen molar-refractivity contribution in [3.05, 3.63) is 64.7 Å². The number of aromatic amines is 1. The van der Waals surface area contributed by atoms with Gasteiger partial charge in [0.15, 0.2) is 0 Å². The minimum Gasteiger partial charge on any atom is -0.355 e. The van der Waals surface area contributed by atoms with E-state index >= 15 is 0 Å². The number of aryl methyl sites for hydroxylation is 4. The lowest BCUT2D eigenvalue weighted by Gasteiger charge is -2.17. The Morgan fingerprint density at radius 3 is 2.47 bits per heavy atom. The lowest BCUT2D eigenvalue weighted by Crippen LogP contribution is -2.29. The number of hydrogen-bond donors (Lipinski definition) is 2. The van der Waals surface area contributed by atoms with Gasteiger partial charge in [0.05, 0.1) is 11.4 Å². The molecule has 0 aliphatic carbocycles. The molecule has 7 nitrogen and oxygen atoms in total. The third kappa shape index (κ3) is 3.97. The zero-order valence-electron chi connectivity index (χ0n) is 17.7. The second-order valence-electron chi connectivity index (χ2n) is 8.02. The average Bonchev–Trinajstić information content (AvgIpc) is 3.31. The molecule has 3 aromatic rings. The van der Waals surface area contributed by atoms with Gasteiger partial charge in [-0.15, -0.1) is 0 Å². The quantitative estimate of drug-likeness (QED) is 0.646. The van der Waals surface area contributed by atoms with Gasteiger partial charge in [-0.25, -0.2) is 8.42 Å². The van der Waals surface area contributed by atoms with Gasteiger partial charge in [0.25, 0.3) is 0 Å². The molecular formula is C22H27N5O2S. The molecule has 1 aliphatic heterocycles. The van der Waals surface area contributed by atoms with Crippen LogP contribution in [0.25, 0.3) is 0 Å². The molecule has 0 radical (unpaired) electrons. The number of sulfonamides is 1. The van der Waals surface area contributed by atoms with E-state index in [4.69, 9.17) is 4.98 Å². The summed E-state index contributed by atoms with van der Waals surface area (Å²) in [4.78, 5) is 5.00. The number of aromatic nitrogens is 3. The van der Waals surface area contributed by atoms with Crippen molar-refractivity contribution in [3.8, 4) is 0 Å². The van der Waals surface area contributed by atoms with Crippen molar-refractivity contribution in [2.24, 2.45) is 0 Å². The Labute approximate surface area is 177 Å². The van der Waals surface area contributed by atoms with Crippen LogP contribution in [0.5, 0.6) is 0 Å². The van der Waals surface area contributed by atoms with Crippen molar-refractivity contribution in [1.82, 2.24) is 19.5 Å². The summed E-state index contributed by atoms with van der Waals surface area (Å²) in [6, 6.07) is 12.3. The van der Waals surface area contributed by atoms with E-state index in [0.29, 0.717) is 29.4 Å². The zero-order valence-corrected chi connectivity index (χ0v) is 18.5. The number of pyridine rings is 1. The molecule has 1 saturated heterocycles. The SMILES string of the molecule is Cc1ccc(Nc2cc(C)nc([C@@H]3CCN(S(=O)(=O)c4c(C)n[nH]c4C)C3)c2)cc1. The maximum absolute atomic E-state index is 13.1. The predicted octanol–water partition coefficient (Wildman–Crippen LogP) is 3.96. The summed E-state index contributed by atoms with van der Waals surface area (Å²) in [5, 5.41) is 10.3. The van der Waals surface area contributed by atoms with Crippen LogP contribution in [0.4, 0.5) is 11.4 Å². The van der Waals surface area contributed by atoms with Crippen molar-refractivity contribution in [3.63, 3.8) is 0 Å². The smallest absolute Gasteiger partial charge is 0.246 e. The Kier molecular flexibility index (Phi) is 5.38. The van der Waals surface area contributed by atoms with Crippen LogP contribution in [0.1, 0.15) is 40.7 Å². The van der Waals surface area contributed by atoms with E-state index in [2.05, 4.69) is 34.6 Å². The van der Waals surface area contributed by atoms with Gasteiger partial charge in [-0.3, -0.25) is 10.1 Å². The summed E-state index contributed by atoms with van der Waals surface area (Å²) in [5.74, 6) is 0.0609. The Bertz CT molecular complexity index is 1150. The lowest BCUT2D eigenvalue weighted by molar-refractivity contribution is 0.471. The highest BCUT2D eigenvalue weighted by Crippen LogP contribution is 2.33. The second-order valence-corrected chi connectivity index (χ2v) is 9.90. The van der Waals surface area contributed by atoms with Crippen molar-refractivity contribution in [2.75, 3.05) is 18.4 Å². The Balaban J connectivity index is 1.55.